The van der Waals surface area contributed by atoms with Crippen molar-refractivity contribution in [3.05, 3.63) is 29.6 Å². The van der Waals surface area contributed by atoms with Gasteiger partial charge in [0.1, 0.15) is 6.04 Å². The number of benzene rings is 1. The molecular formula is C16H22FNO4. The minimum absolute atomic E-state index is 0.0213. The minimum atomic E-state index is -0.694. The van der Waals surface area contributed by atoms with Crippen LogP contribution in [0, 0.1) is 11.7 Å². The second-order valence-electron chi connectivity index (χ2n) is 5.42. The minimum Gasteiger partial charge on any atom is -0.494 e. The lowest BCUT2D eigenvalue weighted by atomic mass is 10.0. The number of halogens is 1. The monoisotopic (exact) mass is 311 g/mol. The number of rotatable bonds is 7. The van der Waals surface area contributed by atoms with Crippen molar-refractivity contribution in [1.82, 2.24) is 5.32 Å². The van der Waals surface area contributed by atoms with E-state index in [0.29, 0.717) is 12.0 Å². The molecule has 122 valence electrons. The molecule has 0 spiro atoms. The van der Waals surface area contributed by atoms with Crippen molar-refractivity contribution in [3.63, 3.8) is 0 Å². The number of carbonyl (C=O) groups is 2. The number of carbonyl (C=O) groups excluding carboxylic acids is 2. The van der Waals surface area contributed by atoms with Crippen molar-refractivity contribution in [3.8, 4) is 5.75 Å². The number of ether oxygens (including phenoxy) is 2. The fraction of sp³-hybridized carbons (Fsp3) is 0.500. The van der Waals surface area contributed by atoms with E-state index in [1.165, 1.54) is 26.4 Å². The van der Waals surface area contributed by atoms with Gasteiger partial charge in [0.15, 0.2) is 11.6 Å². The molecule has 1 aromatic carbocycles. The van der Waals surface area contributed by atoms with Crippen LogP contribution in [0.4, 0.5) is 4.39 Å². The highest BCUT2D eigenvalue weighted by Gasteiger charge is 2.22. The van der Waals surface area contributed by atoms with Crippen molar-refractivity contribution < 1.29 is 23.5 Å². The van der Waals surface area contributed by atoms with E-state index in [1.807, 2.05) is 13.8 Å². The van der Waals surface area contributed by atoms with Crippen LogP contribution in [0.1, 0.15) is 25.8 Å². The van der Waals surface area contributed by atoms with Gasteiger partial charge in [0, 0.05) is 0 Å². The van der Waals surface area contributed by atoms with Gasteiger partial charge in [-0.05, 0) is 30.0 Å². The molecule has 0 saturated carbocycles. The Labute approximate surface area is 129 Å². The predicted molar refractivity (Wildman–Crippen MR) is 80.1 cm³/mol. The van der Waals surface area contributed by atoms with Crippen molar-refractivity contribution in [1.29, 1.82) is 0 Å². The molecule has 0 heterocycles. The third-order valence-electron chi connectivity index (χ3n) is 3.11. The van der Waals surface area contributed by atoms with Gasteiger partial charge < -0.3 is 14.8 Å². The SMILES string of the molecule is COC(=O)[C@@H](CC(C)C)NC(=O)Cc1ccc(OC)c(F)c1. The Kier molecular flexibility index (Phi) is 6.82. The van der Waals surface area contributed by atoms with Crippen LogP contribution >= 0.6 is 0 Å². The first kappa shape index (κ1) is 17.9. The summed E-state index contributed by atoms with van der Waals surface area (Å²) in [6.07, 6.45) is 0.460. The Bertz CT molecular complexity index is 531. The van der Waals surface area contributed by atoms with Crippen LogP contribution in [0.25, 0.3) is 0 Å². The quantitative estimate of drug-likeness (QED) is 0.783. The van der Waals surface area contributed by atoms with Gasteiger partial charge in [-0.3, -0.25) is 4.79 Å². The first-order chi connectivity index (χ1) is 10.4. The molecule has 6 heteroatoms. The van der Waals surface area contributed by atoms with Gasteiger partial charge in [-0.15, -0.1) is 0 Å². The number of amides is 1. The smallest absolute Gasteiger partial charge is 0.328 e. The summed E-state index contributed by atoms with van der Waals surface area (Å²) < 4.78 is 23.1. The maximum Gasteiger partial charge on any atom is 0.328 e. The number of hydrogen-bond acceptors (Lipinski definition) is 4. The van der Waals surface area contributed by atoms with E-state index in [4.69, 9.17) is 4.74 Å². The zero-order valence-electron chi connectivity index (χ0n) is 13.3. The summed E-state index contributed by atoms with van der Waals surface area (Å²) in [4.78, 5) is 23.7. The highest BCUT2D eigenvalue weighted by atomic mass is 19.1. The van der Waals surface area contributed by atoms with Crippen LogP contribution < -0.4 is 10.1 Å². The van der Waals surface area contributed by atoms with Gasteiger partial charge in [0.2, 0.25) is 5.91 Å². The zero-order valence-corrected chi connectivity index (χ0v) is 13.3. The molecule has 0 aliphatic rings. The second-order valence-corrected chi connectivity index (χ2v) is 5.42. The van der Waals surface area contributed by atoms with Crippen molar-refractivity contribution in [2.24, 2.45) is 5.92 Å². The maximum absolute atomic E-state index is 13.6. The number of esters is 1. The second kappa shape index (κ2) is 8.36. The molecule has 0 fully saturated rings. The zero-order chi connectivity index (χ0) is 16.7. The lowest BCUT2D eigenvalue weighted by molar-refractivity contribution is -0.145. The Morgan fingerprint density at radius 2 is 1.95 bits per heavy atom. The summed E-state index contributed by atoms with van der Waals surface area (Å²) in [7, 11) is 2.65. The van der Waals surface area contributed by atoms with E-state index in [1.54, 1.807) is 6.07 Å². The lowest BCUT2D eigenvalue weighted by Crippen LogP contribution is -2.43. The lowest BCUT2D eigenvalue weighted by Gasteiger charge is -2.18. The van der Waals surface area contributed by atoms with Gasteiger partial charge in [0.05, 0.1) is 20.6 Å². The summed E-state index contributed by atoms with van der Waals surface area (Å²) in [6, 6.07) is 3.62. The van der Waals surface area contributed by atoms with Gasteiger partial charge in [0.25, 0.3) is 0 Å². The summed E-state index contributed by atoms with van der Waals surface area (Å²) in [5.41, 5.74) is 0.504. The van der Waals surface area contributed by atoms with E-state index in [2.05, 4.69) is 10.1 Å². The molecule has 0 aliphatic carbocycles. The van der Waals surface area contributed by atoms with Crippen molar-refractivity contribution in [2.45, 2.75) is 32.7 Å². The van der Waals surface area contributed by atoms with Crippen LogP contribution in [0.3, 0.4) is 0 Å². The number of methoxy groups -OCH3 is 2. The number of nitrogens with one attached hydrogen (secondary N) is 1. The molecule has 5 nitrogen and oxygen atoms in total. The molecule has 0 unspecified atom stereocenters. The molecule has 0 aromatic heterocycles. The summed E-state index contributed by atoms with van der Waals surface area (Å²) in [5, 5.41) is 2.63. The van der Waals surface area contributed by atoms with Crippen LogP contribution in [0.5, 0.6) is 5.75 Å². The molecule has 22 heavy (non-hydrogen) atoms. The molecule has 1 rings (SSSR count). The first-order valence-electron chi connectivity index (χ1n) is 7.07. The van der Waals surface area contributed by atoms with Crippen molar-refractivity contribution in [2.75, 3.05) is 14.2 Å². The van der Waals surface area contributed by atoms with E-state index in [-0.39, 0.29) is 24.0 Å². The van der Waals surface area contributed by atoms with Crippen molar-refractivity contribution >= 4 is 11.9 Å². The van der Waals surface area contributed by atoms with Gasteiger partial charge in [-0.2, -0.15) is 0 Å². The Morgan fingerprint density at radius 3 is 2.45 bits per heavy atom. The van der Waals surface area contributed by atoms with E-state index < -0.39 is 17.8 Å². The molecule has 0 saturated heterocycles. The number of hydrogen-bond donors (Lipinski definition) is 1. The highest BCUT2D eigenvalue weighted by Crippen LogP contribution is 2.18. The largest absolute Gasteiger partial charge is 0.494 e. The highest BCUT2D eigenvalue weighted by molar-refractivity contribution is 5.85. The van der Waals surface area contributed by atoms with Gasteiger partial charge in [-0.1, -0.05) is 19.9 Å². The molecule has 1 amide bonds. The average molecular weight is 311 g/mol. The molecule has 0 bridgehead atoms. The Balaban J connectivity index is 2.70. The summed E-state index contributed by atoms with van der Waals surface area (Å²) in [6.45, 7) is 3.89. The van der Waals surface area contributed by atoms with Crippen LogP contribution in [0.15, 0.2) is 18.2 Å². The summed E-state index contributed by atoms with van der Waals surface area (Å²) >= 11 is 0. The van der Waals surface area contributed by atoms with Crippen LogP contribution in [-0.4, -0.2) is 32.1 Å². The topological polar surface area (TPSA) is 64.6 Å². The fourth-order valence-corrected chi connectivity index (χ4v) is 2.08. The Morgan fingerprint density at radius 1 is 1.27 bits per heavy atom. The molecule has 0 radical (unpaired) electrons. The third kappa shape index (κ3) is 5.35. The van der Waals surface area contributed by atoms with Crippen LogP contribution in [0.2, 0.25) is 0 Å². The van der Waals surface area contributed by atoms with E-state index in [0.717, 1.165) is 0 Å². The molecule has 0 aliphatic heterocycles. The standard InChI is InChI=1S/C16H22FNO4/c1-10(2)7-13(16(20)22-4)18-15(19)9-11-5-6-14(21-3)12(17)8-11/h5-6,8,10,13H,7,9H2,1-4H3,(H,18,19)/t13-/m1/s1. The predicted octanol–water partition coefficient (Wildman–Crippen LogP) is 2.08. The molecular weight excluding hydrogens is 289 g/mol. The fourth-order valence-electron chi connectivity index (χ4n) is 2.08. The van der Waals surface area contributed by atoms with Gasteiger partial charge >= 0.3 is 5.97 Å². The van der Waals surface area contributed by atoms with Gasteiger partial charge in [-0.25, -0.2) is 9.18 Å². The third-order valence-corrected chi connectivity index (χ3v) is 3.11. The summed E-state index contributed by atoms with van der Waals surface area (Å²) in [5.74, 6) is -1.03. The maximum atomic E-state index is 13.6. The van der Waals surface area contributed by atoms with Crippen LogP contribution in [-0.2, 0) is 20.7 Å². The normalized spacial score (nSPS) is 11.9. The first-order valence-corrected chi connectivity index (χ1v) is 7.07. The molecule has 1 aromatic rings. The van der Waals surface area contributed by atoms with E-state index >= 15 is 0 Å². The van der Waals surface area contributed by atoms with E-state index in [9.17, 15) is 14.0 Å². The average Bonchev–Trinajstić information content (AvgIpc) is 2.45. The molecule has 1 atom stereocenters. The molecule has 1 N–H and O–H groups in total. The Hall–Kier alpha value is -2.11.